The monoisotopic (exact) mass is 171 g/mol. The fourth-order valence-corrected chi connectivity index (χ4v) is 1.74. The Morgan fingerprint density at radius 2 is 2.38 bits per heavy atom. The van der Waals surface area contributed by atoms with Crippen LogP contribution in [0.15, 0.2) is 36.9 Å². The second kappa shape index (κ2) is 2.36. The number of hydrogen-bond donors (Lipinski definition) is 1. The molecule has 0 spiro atoms. The summed E-state index contributed by atoms with van der Waals surface area (Å²) in [5, 5.41) is 3.27. The molecule has 13 heavy (non-hydrogen) atoms. The van der Waals surface area contributed by atoms with Crippen molar-refractivity contribution in [3.05, 3.63) is 48.2 Å². The molecule has 0 amide bonds. The lowest BCUT2D eigenvalue weighted by molar-refractivity contribution is 0.371. The summed E-state index contributed by atoms with van der Waals surface area (Å²) in [7, 11) is 0. The van der Waals surface area contributed by atoms with Gasteiger partial charge in [0.05, 0.1) is 5.69 Å². The van der Waals surface area contributed by atoms with E-state index in [4.69, 9.17) is 0 Å². The van der Waals surface area contributed by atoms with Crippen molar-refractivity contribution in [2.75, 3.05) is 0 Å². The first kappa shape index (κ1) is 6.71. The zero-order valence-corrected chi connectivity index (χ0v) is 7.01. The van der Waals surface area contributed by atoms with Gasteiger partial charge < -0.3 is 10.2 Å². The van der Waals surface area contributed by atoms with Crippen molar-refractivity contribution in [2.24, 2.45) is 0 Å². The van der Waals surface area contributed by atoms with Gasteiger partial charge in [0.25, 0.3) is 0 Å². The van der Waals surface area contributed by atoms with Gasteiger partial charge in [0.1, 0.15) is 6.17 Å². The van der Waals surface area contributed by atoms with Crippen molar-refractivity contribution in [3.8, 4) is 0 Å². The van der Waals surface area contributed by atoms with Crippen LogP contribution in [0.2, 0.25) is 0 Å². The number of pyridine rings is 1. The lowest BCUT2D eigenvalue weighted by Crippen LogP contribution is -2.26. The lowest BCUT2D eigenvalue weighted by atomic mass is 10.1. The van der Waals surface area contributed by atoms with Crippen molar-refractivity contribution < 1.29 is 0 Å². The molecule has 2 aliphatic heterocycles. The first-order valence-electron chi connectivity index (χ1n) is 4.28. The zero-order chi connectivity index (χ0) is 8.67. The summed E-state index contributed by atoms with van der Waals surface area (Å²) < 4.78 is 0. The predicted octanol–water partition coefficient (Wildman–Crippen LogP) is 1.44. The van der Waals surface area contributed by atoms with E-state index in [1.54, 1.807) is 0 Å². The van der Waals surface area contributed by atoms with Gasteiger partial charge in [0.2, 0.25) is 0 Å². The molecule has 0 radical (unpaired) electrons. The molecule has 3 heterocycles. The molecule has 3 rings (SSSR count). The van der Waals surface area contributed by atoms with Crippen LogP contribution >= 0.6 is 0 Å². The SMILES string of the molecule is C1=CN2C=Cc3ncccc3C2N1. The number of nitrogens with zero attached hydrogens (tertiary/aromatic N) is 2. The molecule has 1 aromatic rings. The Morgan fingerprint density at radius 3 is 3.38 bits per heavy atom. The van der Waals surface area contributed by atoms with Crippen molar-refractivity contribution in [3.63, 3.8) is 0 Å². The minimum Gasteiger partial charge on any atom is -0.366 e. The van der Waals surface area contributed by atoms with Crippen LogP contribution in [-0.4, -0.2) is 9.88 Å². The molecule has 1 atom stereocenters. The van der Waals surface area contributed by atoms with Crippen LogP contribution < -0.4 is 5.32 Å². The highest BCUT2D eigenvalue weighted by Gasteiger charge is 2.24. The van der Waals surface area contributed by atoms with Gasteiger partial charge in [-0.1, -0.05) is 6.07 Å². The number of fused-ring (bicyclic) bond motifs is 3. The van der Waals surface area contributed by atoms with Crippen LogP contribution in [0.3, 0.4) is 0 Å². The van der Waals surface area contributed by atoms with Gasteiger partial charge >= 0.3 is 0 Å². The Bertz CT molecular complexity index is 395. The first-order chi connectivity index (χ1) is 6.45. The summed E-state index contributed by atoms with van der Waals surface area (Å²) >= 11 is 0. The zero-order valence-electron chi connectivity index (χ0n) is 7.01. The van der Waals surface area contributed by atoms with Crippen LogP contribution in [0.1, 0.15) is 17.4 Å². The van der Waals surface area contributed by atoms with Crippen LogP contribution in [-0.2, 0) is 0 Å². The number of aromatic nitrogens is 1. The second-order valence-electron chi connectivity index (χ2n) is 3.13. The van der Waals surface area contributed by atoms with E-state index in [9.17, 15) is 0 Å². The van der Waals surface area contributed by atoms with E-state index in [1.807, 2.05) is 36.9 Å². The van der Waals surface area contributed by atoms with Crippen molar-refractivity contribution in [2.45, 2.75) is 6.17 Å². The summed E-state index contributed by atoms with van der Waals surface area (Å²) in [6, 6.07) is 4.07. The summed E-state index contributed by atoms with van der Waals surface area (Å²) in [6.07, 6.45) is 10.1. The Kier molecular flexibility index (Phi) is 1.22. The topological polar surface area (TPSA) is 28.2 Å². The van der Waals surface area contributed by atoms with Crippen LogP contribution in [0, 0.1) is 0 Å². The van der Waals surface area contributed by atoms with Crippen LogP contribution in [0.25, 0.3) is 6.08 Å². The van der Waals surface area contributed by atoms with E-state index in [-0.39, 0.29) is 6.17 Å². The quantitative estimate of drug-likeness (QED) is 0.640. The number of rotatable bonds is 0. The highest BCUT2D eigenvalue weighted by atomic mass is 15.3. The molecule has 64 valence electrons. The number of hydrogen-bond acceptors (Lipinski definition) is 3. The van der Waals surface area contributed by atoms with Crippen molar-refractivity contribution in [1.29, 1.82) is 0 Å². The van der Waals surface area contributed by atoms with Gasteiger partial charge in [-0.3, -0.25) is 4.98 Å². The van der Waals surface area contributed by atoms with Gasteiger partial charge in [-0.25, -0.2) is 0 Å². The van der Waals surface area contributed by atoms with E-state index in [2.05, 4.69) is 21.3 Å². The van der Waals surface area contributed by atoms with E-state index >= 15 is 0 Å². The first-order valence-corrected chi connectivity index (χ1v) is 4.28. The molecule has 0 bridgehead atoms. The molecule has 0 aliphatic carbocycles. The van der Waals surface area contributed by atoms with Gasteiger partial charge in [-0.15, -0.1) is 0 Å². The summed E-state index contributed by atoms with van der Waals surface area (Å²) in [4.78, 5) is 6.43. The molecular formula is C10H9N3. The minimum atomic E-state index is 0.244. The largest absolute Gasteiger partial charge is 0.366 e. The molecule has 1 unspecified atom stereocenters. The van der Waals surface area contributed by atoms with Crippen LogP contribution in [0.5, 0.6) is 0 Å². The van der Waals surface area contributed by atoms with E-state index in [1.165, 1.54) is 5.56 Å². The predicted molar refractivity (Wildman–Crippen MR) is 50.1 cm³/mol. The molecule has 3 nitrogen and oxygen atoms in total. The van der Waals surface area contributed by atoms with E-state index < -0.39 is 0 Å². The fraction of sp³-hybridized carbons (Fsp3) is 0.100. The van der Waals surface area contributed by atoms with Gasteiger partial charge in [-0.05, 0) is 12.1 Å². The Hall–Kier alpha value is -1.77. The van der Waals surface area contributed by atoms with Crippen molar-refractivity contribution >= 4 is 6.08 Å². The highest BCUT2D eigenvalue weighted by Crippen LogP contribution is 2.29. The molecular weight excluding hydrogens is 162 g/mol. The van der Waals surface area contributed by atoms with Gasteiger partial charge in [-0.2, -0.15) is 0 Å². The van der Waals surface area contributed by atoms with Gasteiger partial charge in [0, 0.05) is 30.4 Å². The maximum atomic E-state index is 4.30. The van der Waals surface area contributed by atoms with Gasteiger partial charge in [0.15, 0.2) is 0 Å². The normalized spacial score (nSPS) is 22.5. The fourth-order valence-electron chi connectivity index (χ4n) is 1.74. The second-order valence-corrected chi connectivity index (χ2v) is 3.13. The molecule has 1 N–H and O–H groups in total. The third-order valence-electron chi connectivity index (χ3n) is 2.37. The maximum absolute atomic E-state index is 4.30. The van der Waals surface area contributed by atoms with Crippen LogP contribution in [0.4, 0.5) is 0 Å². The average Bonchev–Trinajstić information content (AvgIpc) is 2.65. The standard InChI is InChI=1S/C10H9N3/c1-2-8-9(11-4-1)3-6-13-7-5-12-10(8)13/h1-7,10,12H. The maximum Gasteiger partial charge on any atom is 0.131 e. The smallest absolute Gasteiger partial charge is 0.131 e. The van der Waals surface area contributed by atoms with Crippen molar-refractivity contribution in [1.82, 2.24) is 15.2 Å². The van der Waals surface area contributed by atoms with E-state index in [0.717, 1.165) is 5.69 Å². The Balaban J connectivity index is 2.15. The average molecular weight is 171 g/mol. The third kappa shape index (κ3) is 0.869. The molecule has 2 aliphatic rings. The third-order valence-corrected chi connectivity index (χ3v) is 2.37. The Labute approximate surface area is 76.4 Å². The Morgan fingerprint density at radius 1 is 1.38 bits per heavy atom. The summed E-state index contributed by atoms with van der Waals surface area (Å²) in [5.41, 5.74) is 2.29. The molecule has 3 heteroatoms. The summed E-state index contributed by atoms with van der Waals surface area (Å²) in [5.74, 6) is 0. The lowest BCUT2D eigenvalue weighted by Gasteiger charge is -2.26. The molecule has 0 fully saturated rings. The number of nitrogens with one attached hydrogen (secondary N) is 1. The molecule has 1 aromatic heterocycles. The summed E-state index contributed by atoms with van der Waals surface area (Å²) in [6.45, 7) is 0. The highest BCUT2D eigenvalue weighted by molar-refractivity contribution is 5.53. The molecule has 0 saturated heterocycles. The minimum absolute atomic E-state index is 0.244. The molecule has 0 saturated carbocycles. The van der Waals surface area contributed by atoms with E-state index in [0.29, 0.717) is 0 Å². The molecule has 0 aromatic carbocycles.